The molecule has 7 nitrogen and oxygen atoms in total. The van der Waals surface area contributed by atoms with E-state index in [9.17, 15) is 14.4 Å². The van der Waals surface area contributed by atoms with Crippen LogP contribution in [-0.2, 0) is 11.3 Å². The molecule has 1 heterocycles. The number of imide groups is 1. The quantitative estimate of drug-likeness (QED) is 0.598. The highest BCUT2D eigenvalue weighted by Crippen LogP contribution is 2.24. The second-order valence-corrected chi connectivity index (χ2v) is 7.94. The second-order valence-electron chi connectivity index (χ2n) is 6.19. The zero-order chi connectivity index (χ0) is 19.4. The summed E-state index contributed by atoms with van der Waals surface area (Å²) in [6.07, 6.45) is 0. The molecule has 1 aromatic heterocycles. The van der Waals surface area contributed by atoms with Crippen molar-refractivity contribution in [2.75, 3.05) is 7.05 Å². The van der Waals surface area contributed by atoms with Gasteiger partial charge in [-0.05, 0) is 31.0 Å². The molecule has 0 aliphatic heterocycles. The molecular weight excluding hydrogens is 376 g/mol. The molecule has 2 N–H and O–H groups in total. The zero-order valence-corrected chi connectivity index (χ0v) is 16.6. The SMILES string of the molecule is CNC(=O)NC(=O)[C@H](C)Sc1nc2ccc(Cl)cc2c(=O)n1CC(C)C. The topological polar surface area (TPSA) is 93.1 Å². The normalized spacial score (nSPS) is 12.2. The fraction of sp³-hybridized carbons (Fsp3) is 0.412. The predicted molar refractivity (Wildman–Crippen MR) is 104 cm³/mol. The molecule has 9 heteroatoms. The van der Waals surface area contributed by atoms with Gasteiger partial charge in [0.05, 0.1) is 16.2 Å². The monoisotopic (exact) mass is 396 g/mol. The summed E-state index contributed by atoms with van der Waals surface area (Å²) in [4.78, 5) is 40.9. The number of urea groups is 1. The fourth-order valence-electron chi connectivity index (χ4n) is 2.28. The van der Waals surface area contributed by atoms with Crippen LogP contribution in [0.15, 0.2) is 28.2 Å². The Kier molecular flexibility index (Phi) is 6.66. The molecule has 3 amide bonds. The average Bonchev–Trinajstić information content (AvgIpc) is 2.58. The van der Waals surface area contributed by atoms with E-state index in [0.717, 1.165) is 11.8 Å². The van der Waals surface area contributed by atoms with E-state index in [2.05, 4.69) is 15.6 Å². The summed E-state index contributed by atoms with van der Waals surface area (Å²) in [5.41, 5.74) is 0.313. The van der Waals surface area contributed by atoms with Gasteiger partial charge in [0, 0.05) is 18.6 Å². The molecule has 0 saturated heterocycles. The van der Waals surface area contributed by atoms with Gasteiger partial charge < -0.3 is 5.32 Å². The first-order valence-corrected chi connectivity index (χ1v) is 9.38. The first-order chi connectivity index (χ1) is 12.2. The van der Waals surface area contributed by atoms with Crippen LogP contribution in [0, 0.1) is 5.92 Å². The van der Waals surface area contributed by atoms with Crippen molar-refractivity contribution in [3.8, 4) is 0 Å². The lowest BCUT2D eigenvalue weighted by molar-refractivity contribution is -0.119. The Hall–Kier alpha value is -2.06. The molecule has 0 fully saturated rings. The number of hydrogen-bond acceptors (Lipinski definition) is 5. The number of halogens is 1. The molecule has 0 aliphatic carbocycles. The third-order valence-electron chi connectivity index (χ3n) is 3.54. The van der Waals surface area contributed by atoms with E-state index in [4.69, 9.17) is 11.6 Å². The molecule has 0 radical (unpaired) electrons. The van der Waals surface area contributed by atoms with Gasteiger partial charge in [0.2, 0.25) is 5.91 Å². The summed E-state index contributed by atoms with van der Waals surface area (Å²) in [5, 5.41) is 5.27. The molecule has 0 unspecified atom stereocenters. The van der Waals surface area contributed by atoms with Crippen molar-refractivity contribution in [2.45, 2.75) is 37.7 Å². The number of amides is 3. The van der Waals surface area contributed by atoms with E-state index in [1.807, 2.05) is 13.8 Å². The number of benzene rings is 1. The van der Waals surface area contributed by atoms with Gasteiger partial charge in [-0.3, -0.25) is 19.5 Å². The van der Waals surface area contributed by atoms with Gasteiger partial charge in [-0.15, -0.1) is 0 Å². The van der Waals surface area contributed by atoms with Crippen LogP contribution in [0.25, 0.3) is 10.9 Å². The lowest BCUT2D eigenvalue weighted by Crippen LogP contribution is -2.41. The van der Waals surface area contributed by atoms with Crippen molar-refractivity contribution >= 4 is 46.2 Å². The highest BCUT2D eigenvalue weighted by molar-refractivity contribution is 8.00. The molecule has 1 atom stereocenters. The first kappa shape index (κ1) is 20.3. The predicted octanol–water partition coefficient (Wildman–Crippen LogP) is 2.64. The average molecular weight is 397 g/mol. The molecule has 26 heavy (non-hydrogen) atoms. The molecule has 0 spiro atoms. The van der Waals surface area contributed by atoms with Crippen molar-refractivity contribution in [3.63, 3.8) is 0 Å². The minimum absolute atomic E-state index is 0.201. The summed E-state index contributed by atoms with van der Waals surface area (Å²) < 4.78 is 1.55. The summed E-state index contributed by atoms with van der Waals surface area (Å²) in [6, 6.07) is 4.36. The fourth-order valence-corrected chi connectivity index (χ4v) is 3.37. The second kappa shape index (κ2) is 8.55. The summed E-state index contributed by atoms with van der Waals surface area (Å²) in [6.45, 7) is 6.09. The molecular formula is C17H21ClN4O3S. The number of nitrogens with zero attached hydrogens (tertiary/aromatic N) is 2. The summed E-state index contributed by atoms with van der Waals surface area (Å²) >= 11 is 7.14. The van der Waals surface area contributed by atoms with Crippen molar-refractivity contribution < 1.29 is 9.59 Å². The van der Waals surface area contributed by atoms with E-state index in [0.29, 0.717) is 27.6 Å². The van der Waals surface area contributed by atoms with Crippen molar-refractivity contribution in [3.05, 3.63) is 33.6 Å². The van der Waals surface area contributed by atoms with Crippen LogP contribution < -0.4 is 16.2 Å². The minimum atomic E-state index is -0.609. The molecule has 0 bridgehead atoms. The highest BCUT2D eigenvalue weighted by Gasteiger charge is 2.21. The van der Waals surface area contributed by atoms with E-state index >= 15 is 0 Å². The van der Waals surface area contributed by atoms with E-state index in [-0.39, 0.29) is 11.5 Å². The van der Waals surface area contributed by atoms with Crippen molar-refractivity contribution in [1.29, 1.82) is 0 Å². The Bertz CT molecular complexity index is 897. The van der Waals surface area contributed by atoms with Crippen LogP contribution in [0.4, 0.5) is 4.79 Å². The Morgan fingerprint density at radius 2 is 2.00 bits per heavy atom. The number of carbonyl (C=O) groups is 2. The van der Waals surface area contributed by atoms with E-state index < -0.39 is 17.2 Å². The third kappa shape index (κ3) is 4.76. The van der Waals surface area contributed by atoms with Crippen LogP contribution in [0.3, 0.4) is 0 Å². The van der Waals surface area contributed by atoms with E-state index in [1.54, 1.807) is 29.7 Å². The molecule has 0 saturated carbocycles. The molecule has 1 aromatic carbocycles. The van der Waals surface area contributed by atoms with Crippen molar-refractivity contribution in [1.82, 2.24) is 20.2 Å². The Labute approximate surface area is 160 Å². The molecule has 2 rings (SSSR count). The summed E-state index contributed by atoms with van der Waals surface area (Å²) in [5.74, 6) is -0.253. The summed E-state index contributed by atoms with van der Waals surface area (Å²) in [7, 11) is 1.43. The Balaban J connectivity index is 2.44. The van der Waals surface area contributed by atoms with Gasteiger partial charge in [-0.1, -0.05) is 37.2 Å². The smallest absolute Gasteiger partial charge is 0.321 e. The molecule has 140 valence electrons. The van der Waals surface area contributed by atoms with Gasteiger partial charge in [-0.2, -0.15) is 0 Å². The van der Waals surface area contributed by atoms with Crippen LogP contribution in [0.2, 0.25) is 5.02 Å². The van der Waals surface area contributed by atoms with Gasteiger partial charge in [-0.25, -0.2) is 9.78 Å². The minimum Gasteiger partial charge on any atom is -0.341 e. The Morgan fingerprint density at radius 3 is 2.62 bits per heavy atom. The van der Waals surface area contributed by atoms with Crippen LogP contribution >= 0.6 is 23.4 Å². The number of rotatable bonds is 5. The van der Waals surface area contributed by atoms with Crippen molar-refractivity contribution in [2.24, 2.45) is 5.92 Å². The third-order valence-corrected chi connectivity index (χ3v) is 4.87. The lowest BCUT2D eigenvalue weighted by Gasteiger charge is -2.17. The van der Waals surface area contributed by atoms with E-state index in [1.165, 1.54) is 7.05 Å². The zero-order valence-electron chi connectivity index (χ0n) is 15.0. The van der Waals surface area contributed by atoms with Crippen LogP contribution in [0.5, 0.6) is 0 Å². The standard InChI is InChI=1S/C17H21ClN4O3S/c1-9(2)8-22-15(24)12-7-11(18)5-6-13(12)20-17(22)26-10(3)14(23)21-16(25)19-4/h5-7,9-10H,8H2,1-4H3,(H2,19,21,23,25)/t10-/m0/s1. The number of hydrogen-bond donors (Lipinski definition) is 2. The van der Waals surface area contributed by atoms with Gasteiger partial charge >= 0.3 is 6.03 Å². The van der Waals surface area contributed by atoms with Crippen LogP contribution in [0.1, 0.15) is 20.8 Å². The number of thioether (sulfide) groups is 1. The number of nitrogens with one attached hydrogen (secondary N) is 2. The largest absolute Gasteiger partial charge is 0.341 e. The maximum atomic E-state index is 12.9. The van der Waals surface area contributed by atoms with Gasteiger partial charge in [0.1, 0.15) is 0 Å². The molecule has 0 aliphatic rings. The Morgan fingerprint density at radius 1 is 1.31 bits per heavy atom. The van der Waals surface area contributed by atoms with Crippen LogP contribution in [-0.4, -0.2) is 33.8 Å². The number of carbonyl (C=O) groups excluding carboxylic acids is 2. The van der Waals surface area contributed by atoms with Gasteiger partial charge in [0.25, 0.3) is 5.56 Å². The molecule has 2 aromatic rings. The maximum absolute atomic E-state index is 12.9. The maximum Gasteiger partial charge on any atom is 0.321 e. The number of fused-ring (bicyclic) bond motifs is 1. The lowest BCUT2D eigenvalue weighted by atomic mass is 10.2. The highest BCUT2D eigenvalue weighted by atomic mass is 35.5. The number of aromatic nitrogens is 2. The van der Waals surface area contributed by atoms with Gasteiger partial charge in [0.15, 0.2) is 5.16 Å². The first-order valence-electron chi connectivity index (χ1n) is 8.12.